The summed E-state index contributed by atoms with van der Waals surface area (Å²) >= 11 is 0. The highest BCUT2D eigenvalue weighted by atomic mass is 16.5. The van der Waals surface area contributed by atoms with E-state index in [9.17, 15) is 4.79 Å². The summed E-state index contributed by atoms with van der Waals surface area (Å²) in [4.78, 5) is 11.6. The molecule has 1 aromatic carbocycles. The van der Waals surface area contributed by atoms with E-state index < -0.39 is 0 Å². The molecule has 0 aliphatic heterocycles. The number of hydrogen-bond donors (Lipinski definition) is 1. The third-order valence-electron chi connectivity index (χ3n) is 3.15. The molecule has 1 aromatic rings. The van der Waals surface area contributed by atoms with Crippen molar-refractivity contribution in [2.24, 2.45) is 0 Å². The van der Waals surface area contributed by atoms with Crippen LogP contribution in [0.15, 0.2) is 24.3 Å². The predicted molar refractivity (Wildman–Crippen MR) is 71.5 cm³/mol. The number of hydrogen-bond acceptors (Lipinski definition) is 3. The molecule has 0 amide bonds. The molecule has 0 radical (unpaired) electrons. The van der Waals surface area contributed by atoms with Crippen molar-refractivity contribution in [2.75, 3.05) is 13.7 Å². The molecule has 1 unspecified atom stereocenters. The highest BCUT2D eigenvalue weighted by Crippen LogP contribution is 2.21. The van der Waals surface area contributed by atoms with E-state index in [1.54, 1.807) is 0 Å². The Labute approximate surface area is 109 Å². The number of carbonyl (C=O) groups is 1. The zero-order chi connectivity index (χ0) is 13.4. The lowest BCUT2D eigenvalue weighted by Gasteiger charge is -2.13. The van der Waals surface area contributed by atoms with Crippen LogP contribution in [0.1, 0.15) is 43.2 Å². The maximum Gasteiger partial charge on any atom is 0.313 e. The lowest BCUT2D eigenvalue weighted by Crippen LogP contribution is -2.13. The minimum atomic E-state index is -0.175. The molecule has 100 valence electrons. The third kappa shape index (κ3) is 4.15. The van der Waals surface area contributed by atoms with Gasteiger partial charge >= 0.3 is 5.97 Å². The standard InChI is InChI=1S/C15H22O3/c1-3-14(15(17)18-2)13-9-7-12(8-10-13)6-4-5-11-16/h7-10,14,16H,3-6,11H2,1-2H3. The fraction of sp³-hybridized carbons (Fsp3) is 0.533. The van der Waals surface area contributed by atoms with Gasteiger partial charge in [0.2, 0.25) is 0 Å². The van der Waals surface area contributed by atoms with Crippen LogP contribution in [0, 0.1) is 0 Å². The number of aliphatic hydroxyl groups excluding tert-OH is 1. The zero-order valence-electron chi connectivity index (χ0n) is 11.2. The van der Waals surface area contributed by atoms with Crippen LogP contribution in [0.25, 0.3) is 0 Å². The van der Waals surface area contributed by atoms with Gasteiger partial charge in [0.05, 0.1) is 13.0 Å². The molecule has 0 fully saturated rings. The summed E-state index contributed by atoms with van der Waals surface area (Å²) in [5.74, 6) is -0.341. The maximum absolute atomic E-state index is 11.6. The van der Waals surface area contributed by atoms with Gasteiger partial charge in [0, 0.05) is 6.61 Å². The number of esters is 1. The fourth-order valence-corrected chi connectivity index (χ4v) is 2.04. The van der Waals surface area contributed by atoms with Gasteiger partial charge < -0.3 is 9.84 Å². The molecule has 0 bridgehead atoms. The first-order chi connectivity index (χ1) is 8.72. The van der Waals surface area contributed by atoms with Crippen LogP contribution in [-0.4, -0.2) is 24.8 Å². The topological polar surface area (TPSA) is 46.5 Å². The van der Waals surface area contributed by atoms with Crippen molar-refractivity contribution >= 4 is 5.97 Å². The van der Waals surface area contributed by atoms with E-state index >= 15 is 0 Å². The largest absolute Gasteiger partial charge is 0.469 e. The molecule has 0 aliphatic rings. The Kier molecular flexibility index (Phi) is 6.44. The Morgan fingerprint density at radius 3 is 2.44 bits per heavy atom. The second-order valence-electron chi connectivity index (χ2n) is 4.41. The molecule has 3 heteroatoms. The van der Waals surface area contributed by atoms with E-state index in [1.165, 1.54) is 12.7 Å². The van der Waals surface area contributed by atoms with Crippen molar-refractivity contribution in [3.63, 3.8) is 0 Å². The van der Waals surface area contributed by atoms with E-state index in [-0.39, 0.29) is 18.5 Å². The van der Waals surface area contributed by atoms with Crippen LogP contribution in [0.2, 0.25) is 0 Å². The van der Waals surface area contributed by atoms with Gasteiger partial charge in [-0.1, -0.05) is 31.2 Å². The lowest BCUT2D eigenvalue weighted by atomic mass is 9.95. The molecule has 0 aliphatic carbocycles. The average Bonchev–Trinajstić information content (AvgIpc) is 2.41. The van der Waals surface area contributed by atoms with Crippen LogP contribution in [0.3, 0.4) is 0 Å². The molecule has 1 atom stereocenters. The van der Waals surface area contributed by atoms with Gasteiger partial charge in [0.25, 0.3) is 0 Å². The minimum Gasteiger partial charge on any atom is -0.469 e. The molecule has 1 rings (SSSR count). The van der Waals surface area contributed by atoms with E-state index in [4.69, 9.17) is 9.84 Å². The molecule has 3 nitrogen and oxygen atoms in total. The van der Waals surface area contributed by atoms with Crippen LogP contribution in [0.5, 0.6) is 0 Å². The van der Waals surface area contributed by atoms with Crippen molar-refractivity contribution in [2.45, 2.75) is 38.5 Å². The van der Waals surface area contributed by atoms with Crippen LogP contribution < -0.4 is 0 Å². The Hall–Kier alpha value is -1.35. The Morgan fingerprint density at radius 2 is 1.94 bits per heavy atom. The first kappa shape index (κ1) is 14.7. The molecule has 0 saturated heterocycles. The van der Waals surface area contributed by atoms with E-state index in [0.717, 1.165) is 31.2 Å². The van der Waals surface area contributed by atoms with Gasteiger partial charge in [-0.2, -0.15) is 0 Å². The monoisotopic (exact) mass is 250 g/mol. The summed E-state index contributed by atoms with van der Waals surface area (Å²) in [7, 11) is 1.42. The molecule has 0 aromatic heterocycles. The Bertz CT molecular complexity index is 357. The highest BCUT2D eigenvalue weighted by Gasteiger charge is 2.18. The Morgan fingerprint density at radius 1 is 1.28 bits per heavy atom. The summed E-state index contributed by atoms with van der Waals surface area (Å²) < 4.78 is 4.80. The molecule has 0 spiro atoms. The number of benzene rings is 1. The summed E-state index contributed by atoms with van der Waals surface area (Å²) in [5, 5.41) is 8.73. The molecule has 18 heavy (non-hydrogen) atoms. The van der Waals surface area contributed by atoms with Crippen molar-refractivity contribution < 1.29 is 14.6 Å². The van der Waals surface area contributed by atoms with Crippen LogP contribution >= 0.6 is 0 Å². The van der Waals surface area contributed by atoms with Crippen molar-refractivity contribution in [1.29, 1.82) is 0 Å². The first-order valence-corrected chi connectivity index (χ1v) is 6.50. The minimum absolute atomic E-state index is 0.165. The molecule has 1 N–H and O–H groups in total. The van der Waals surface area contributed by atoms with Gasteiger partial charge in [-0.25, -0.2) is 0 Å². The number of rotatable bonds is 7. The quantitative estimate of drug-likeness (QED) is 0.598. The number of carbonyl (C=O) groups excluding carboxylic acids is 1. The molecular weight excluding hydrogens is 228 g/mol. The SMILES string of the molecule is CCC(C(=O)OC)c1ccc(CCCCO)cc1. The van der Waals surface area contributed by atoms with Crippen molar-refractivity contribution in [3.05, 3.63) is 35.4 Å². The molecular formula is C15H22O3. The lowest BCUT2D eigenvalue weighted by molar-refractivity contribution is -0.142. The summed E-state index contributed by atoms with van der Waals surface area (Å²) in [6, 6.07) is 8.11. The van der Waals surface area contributed by atoms with E-state index in [0.29, 0.717) is 0 Å². The average molecular weight is 250 g/mol. The second kappa shape index (κ2) is 7.88. The Balaban J connectivity index is 2.65. The number of methoxy groups -OCH3 is 1. The van der Waals surface area contributed by atoms with Crippen LogP contribution in [-0.2, 0) is 16.0 Å². The number of unbranched alkanes of at least 4 members (excludes halogenated alkanes) is 1. The van der Waals surface area contributed by atoms with Gasteiger partial charge in [0.1, 0.15) is 0 Å². The van der Waals surface area contributed by atoms with Gasteiger partial charge in [-0.15, -0.1) is 0 Å². The highest BCUT2D eigenvalue weighted by molar-refractivity contribution is 5.77. The van der Waals surface area contributed by atoms with E-state index in [2.05, 4.69) is 12.1 Å². The summed E-state index contributed by atoms with van der Waals surface area (Å²) in [5.41, 5.74) is 2.25. The molecule has 0 saturated carbocycles. The predicted octanol–water partition coefficient (Wildman–Crippen LogP) is 2.67. The van der Waals surface area contributed by atoms with Gasteiger partial charge in [0.15, 0.2) is 0 Å². The number of ether oxygens (including phenoxy) is 1. The second-order valence-corrected chi connectivity index (χ2v) is 4.41. The molecule has 0 heterocycles. The van der Waals surface area contributed by atoms with Gasteiger partial charge in [-0.05, 0) is 36.8 Å². The zero-order valence-corrected chi connectivity index (χ0v) is 11.2. The maximum atomic E-state index is 11.6. The first-order valence-electron chi connectivity index (χ1n) is 6.50. The van der Waals surface area contributed by atoms with E-state index in [1.807, 2.05) is 19.1 Å². The van der Waals surface area contributed by atoms with Crippen molar-refractivity contribution in [1.82, 2.24) is 0 Å². The third-order valence-corrected chi connectivity index (χ3v) is 3.15. The fourth-order valence-electron chi connectivity index (χ4n) is 2.04. The number of aliphatic hydroxyl groups is 1. The normalized spacial score (nSPS) is 12.2. The smallest absolute Gasteiger partial charge is 0.313 e. The van der Waals surface area contributed by atoms with Crippen molar-refractivity contribution in [3.8, 4) is 0 Å². The van der Waals surface area contributed by atoms with Gasteiger partial charge in [-0.3, -0.25) is 4.79 Å². The summed E-state index contributed by atoms with van der Waals surface area (Å²) in [6.07, 6.45) is 3.54. The summed E-state index contributed by atoms with van der Waals surface area (Å²) in [6.45, 7) is 2.23. The number of aryl methyl sites for hydroxylation is 1. The van der Waals surface area contributed by atoms with Crippen LogP contribution in [0.4, 0.5) is 0 Å².